The van der Waals surface area contributed by atoms with Crippen molar-refractivity contribution in [2.45, 2.75) is 42.7 Å². The minimum absolute atomic E-state index is 0.0603. The van der Waals surface area contributed by atoms with Gasteiger partial charge in [-0.2, -0.15) is 0 Å². The van der Waals surface area contributed by atoms with Crippen molar-refractivity contribution in [1.29, 1.82) is 0 Å². The van der Waals surface area contributed by atoms with E-state index in [2.05, 4.69) is 39.0 Å². The van der Waals surface area contributed by atoms with Crippen LogP contribution in [0.25, 0.3) is 12.2 Å². The van der Waals surface area contributed by atoms with E-state index in [1.54, 1.807) is 42.7 Å². The molecule has 36 heavy (non-hydrogen) atoms. The third-order valence-electron chi connectivity index (χ3n) is 6.26. The maximum absolute atomic E-state index is 14.6. The molecule has 2 N–H and O–H groups in total. The fourth-order valence-electron chi connectivity index (χ4n) is 4.19. The molecule has 1 aliphatic rings. The molecular weight excluding hydrogens is 501 g/mol. The molecule has 1 aliphatic carbocycles. The quantitative estimate of drug-likeness (QED) is 0.399. The van der Waals surface area contributed by atoms with Crippen molar-refractivity contribution in [1.82, 2.24) is 14.9 Å². The average Bonchev–Trinajstić information content (AvgIpc) is 2.85. The first kappa shape index (κ1) is 26.1. The van der Waals surface area contributed by atoms with Crippen LogP contribution in [0.3, 0.4) is 0 Å². The van der Waals surface area contributed by atoms with Crippen molar-refractivity contribution in [3.05, 3.63) is 76.8 Å². The predicted octanol–water partition coefficient (Wildman–Crippen LogP) is 5.53. The zero-order chi connectivity index (χ0) is 25.7. The van der Waals surface area contributed by atoms with Gasteiger partial charge in [0.1, 0.15) is 10.7 Å². The Labute approximate surface area is 216 Å². The number of nitrogens with zero attached hydrogens (tertiary/aromatic N) is 3. The van der Waals surface area contributed by atoms with E-state index < -0.39 is 15.8 Å². The monoisotopic (exact) mass is 529 g/mol. The van der Waals surface area contributed by atoms with Gasteiger partial charge in [-0.15, -0.1) is 0 Å². The summed E-state index contributed by atoms with van der Waals surface area (Å²) in [5, 5.41) is 3.47. The molecule has 0 aliphatic heterocycles. The summed E-state index contributed by atoms with van der Waals surface area (Å²) in [4.78, 5) is 11.0. The number of sulfonamides is 1. The van der Waals surface area contributed by atoms with Crippen LogP contribution in [0.2, 0.25) is 5.02 Å². The molecule has 190 valence electrons. The van der Waals surface area contributed by atoms with Crippen LogP contribution in [0.5, 0.6) is 0 Å². The summed E-state index contributed by atoms with van der Waals surface area (Å²) in [7, 11) is 0.230. The lowest BCUT2D eigenvalue weighted by molar-refractivity contribution is 0.221. The van der Waals surface area contributed by atoms with Crippen LogP contribution in [0.15, 0.2) is 59.8 Å². The largest absolute Gasteiger partial charge is 0.351 e. The second-order valence-corrected chi connectivity index (χ2v) is 11.1. The number of aromatic nitrogens is 2. The Morgan fingerprint density at radius 1 is 1.00 bits per heavy atom. The first-order valence-corrected chi connectivity index (χ1v) is 13.6. The van der Waals surface area contributed by atoms with E-state index in [1.165, 1.54) is 24.3 Å². The summed E-state index contributed by atoms with van der Waals surface area (Å²) in [5.74, 6) is -0.103. The molecule has 3 aromatic rings. The van der Waals surface area contributed by atoms with Crippen LogP contribution in [0, 0.1) is 5.82 Å². The molecular formula is C26H29ClFN5O2S. The molecule has 10 heteroatoms. The zero-order valence-electron chi connectivity index (χ0n) is 20.2. The third kappa shape index (κ3) is 6.60. The van der Waals surface area contributed by atoms with E-state index in [0.29, 0.717) is 23.6 Å². The zero-order valence-corrected chi connectivity index (χ0v) is 21.7. The van der Waals surface area contributed by atoms with Crippen LogP contribution >= 0.6 is 11.6 Å². The average molecular weight is 530 g/mol. The SMILES string of the molecule is CN(C)C1CCC(Nc2ncc(/C=C/c3ccc(NS(=O)(=O)c4ccccc4Cl)c(F)c3)cn2)CC1. The normalized spacial score (nSPS) is 18.5. The number of halogens is 2. The summed E-state index contributed by atoms with van der Waals surface area (Å²) in [6.45, 7) is 0. The molecule has 1 aromatic heterocycles. The van der Waals surface area contributed by atoms with Gasteiger partial charge in [-0.25, -0.2) is 22.8 Å². The van der Waals surface area contributed by atoms with Gasteiger partial charge in [-0.1, -0.05) is 42.0 Å². The highest BCUT2D eigenvalue weighted by molar-refractivity contribution is 7.92. The van der Waals surface area contributed by atoms with Crippen molar-refractivity contribution in [3.8, 4) is 0 Å². The minimum Gasteiger partial charge on any atom is -0.351 e. The first-order chi connectivity index (χ1) is 17.2. The number of benzene rings is 2. The number of hydrogen-bond donors (Lipinski definition) is 2. The summed E-state index contributed by atoms with van der Waals surface area (Å²) < 4.78 is 42.0. The van der Waals surface area contributed by atoms with Crippen molar-refractivity contribution in [2.24, 2.45) is 0 Å². The van der Waals surface area contributed by atoms with E-state index in [-0.39, 0.29) is 15.6 Å². The molecule has 7 nitrogen and oxygen atoms in total. The van der Waals surface area contributed by atoms with E-state index in [9.17, 15) is 12.8 Å². The second-order valence-electron chi connectivity index (χ2n) is 9.06. The topological polar surface area (TPSA) is 87.2 Å². The molecule has 0 radical (unpaired) electrons. The third-order valence-corrected chi connectivity index (χ3v) is 8.13. The highest BCUT2D eigenvalue weighted by atomic mass is 35.5. The summed E-state index contributed by atoms with van der Waals surface area (Å²) in [5.41, 5.74) is 1.17. The molecule has 0 saturated heterocycles. The molecule has 4 rings (SSSR count). The van der Waals surface area contributed by atoms with Crippen molar-refractivity contribution in [2.75, 3.05) is 24.1 Å². The summed E-state index contributed by atoms with van der Waals surface area (Å²) in [6, 6.07) is 11.2. The van der Waals surface area contributed by atoms with Crippen LogP contribution in [0.4, 0.5) is 16.0 Å². The summed E-state index contributed by atoms with van der Waals surface area (Å²) >= 11 is 5.98. The van der Waals surface area contributed by atoms with Gasteiger partial charge in [0, 0.05) is 30.0 Å². The lowest BCUT2D eigenvalue weighted by Gasteiger charge is -2.32. The Morgan fingerprint density at radius 2 is 1.67 bits per heavy atom. The Kier molecular flexibility index (Phi) is 8.23. The van der Waals surface area contributed by atoms with Gasteiger partial charge >= 0.3 is 0 Å². The lowest BCUT2D eigenvalue weighted by atomic mass is 9.91. The molecule has 1 heterocycles. The van der Waals surface area contributed by atoms with E-state index in [1.807, 2.05) is 0 Å². The smallest absolute Gasteiger partial charge is 0.263 e. The fourth-order valence-corrected chi connectivity index (χ4v) is 5.78. The van der Waals surface area contributed by atoms with Gasteiger partial charge < -0.3 is 10.2 Å². The number of nitrogens with one attached hydrogen (secondary N) is 2. The molecule has 1 saturated carbocycles. The van der Waals surface area contributed by atoms with Crippen LogP contribution < -0.4 is 10.0 Å². The fraction of sp³-hybridized carbons (Fsp3) is 0.308. The van der Waals surface area contributed by atoms with Gasteiger partial charge in [0.15, 0.2) is 0 Å². The van der Waals surface area contributed by atoms with Gasteiger partial charge in [0.05, 0.1) is 10.7 Å². The molecule has 0 spiro atoms. The highest BCUT2D eigenvalue weighted by Gasteiger charge is 2.23. The van der Waals surface area contributed by atoms with Gasteiger partial charge in [0.25, 0.3) is 10.0 Å². The minimum atomic E-state index is -4.02. The van der Waals surface area contributed by atoms with Gasteiger partial charge in [0.2, 0.25) is 5.95 Å². The van der Waals surface area contributed by atoms with Crippen LogP contribution in [-0.2, 0) is 10.0 Å². The Balaban J connectivity index is 1.36. The maximum atomic E-state index is 14.6. The Hall–Kier alpha value is -3.01. The summed E-state index contributed by atoms with van der Waals surface area (Å²) in [6.07, 6.45) is 11.4. The molecule has 0 amide bonds. The van der Waals surface area contributed by atoms with Crippen molar-refractivity contribution >= 4 is 45.4 Å². The van der Waals surface area contributed by atoms with E-state index >= 15 is 0 Å². The van der Waals surface area contributed by atoms with E-state index in [0.717, 1.165) is 31.2 Å². The second kappa shape index (κ2) is 11.4. The number of hydrogen-bond acceptors (Lipinski definition) is 6. The first-order valence-electron chi connectivity index (χ1n) is 11.7. The molecule has 2 aromatic carbocycles. The van der Waals surface area contributed by atoms with Gasteiger partial charge in [-0.05, 0) is 69.6 Å². The molecule has 1 fully saturated rings. The standard InChI is InChI=1S/C26H29ClFN5O2S/c1-33(2)21-12-10-20(11-13-21)31-26-29-16-19(17-30-26)8-7-18-9-14-24(23(28)15-18)32-36(34,35)25-6-4-3-5-22(25)27/h3-9,14-17,20-21,32H,10-13H2,1-2H3,(H,29,30,31)/b8-7+. The number of anilines is 2. The van der Waals surface area contributed by atoms with Crippen molar-refractivity contribution in [3.63, 3.8) is 0 Å². The molecule has 0 unspecified atom stereocenters. The van der Waals surface area contributed by atoms with Crippen LogP contribution in [-0.4, -0.2) is 49.5 Å². The highest BCUT2D eigenvalue weighted by Crippen LogP contribution is 2.26. The maximum Gasteiger partial charge on any atom is 0.263 e. The number of rotatable bonds is 8. The van der Waals surface area contributed by atoms with Crippen molar-refractivity contribution < 1.29 is 12.8 Å². The Bertz CT molecular complexity index is 1320. The van der Waals surface area contributed by atoms with E-state index in [4.69, 9.17) is 11.6 Å². The van der Waals surface area contributed by atoms with Gasteiger partial charge in [-0.3, -0.25) is 4.72 Å². The predicted molar refractivity (Wildman–Crippen MR) is 143 cm³/mol. The van der Waals surface area contributed by atoms with Crippen LogP contribution in [0.1, 0.15) is 36.8 Å². The Morgan fingerprint density at radius 3 is 2.31 bits per heavy atom. The molecule has 0 bridgehead atoms. The lowest BCUT2D eigenvalue weighted by Crippen LogP contribution is -2.36. The molecule has 0 atom stereocenters.